The number of alkyl halides is 2. The van der Waals surface area contributed by atoms with E-state index < -0.39 is 18.1 Å². The number of hydrogen-bond donors (Lipinski definition) is 0. The van der Waals surface area contributed by atoms with Gasteiger partial charge in [0.1, 0.15) is 0 Å². The highest BCUT2D eigenvalue weighted by Gasteiger charge is 2.40. The molecule has 2 rings (SSSR count). The topological polar surface area (TPSA) is 45.0 Å². The summed E-state index contributed by atoms with van der Waals surface area (Å²) >= 11 is 0. The molecule has 0 bridgehead atoms. The van der Waals surface area contributed by atoms with Crippen molar-refractivity contribution in [1.29, 1.82) is 0 Å². The molecule has 110 valence electrons. The Morgan fingerprint density at radius 3 is 2.75 bits per heavy atom. The van der Waals surface area contributed by atoms with Crippen molar-refractivity contribution in [3.63, 3.8) is 0 Å². The zero-order valence-corrected chi connectivity index (χ0v) is 11.4. The number of terminal acetylenes is 1. The molecule has 0 aliphatic carbocycles. The van der Waals surface area contributed by atoms with Gasteiger partial charge in [0, 0.05) is 32.2 Å². The van der Waals surface area contributed by atoms with Crippen LogP contribution in [0.25, 0.3) is 0 Å². The molecule has 20 heavy (non-hydrogen) atoms. The summed E-state index contributed by atoms with van der Waals surface area (Å²) in [4.78, 5) is 13.5. The Morgan fingerprint density at radius 2 is 2.15 bits per heavy atom. The number of rotatable bonds is 6. The van der Waals surface area contributed by atoms with E-state index in [-0.39, 0.29) is 12.3 Å². The van der Waals surface area contributed by atoms with Crippen LogP contribution in [0.15, 0.2) is 10.2 Å². The van der Waals surface area contributed by atoms with Crippen LogP contribution in [0.3, 0.4) is 0 Å². The monoisotopic (exact) mass is 283 g/mol. The largest absolute Gasteiger partial charge is 0.334 e. The van der Waals surface area contributed by atoms with Crippen molar-refractivity contribution >= 4 is 5.91 Å². The normalized spacial score (nSPS) is 23.7. The van der Waals surface area contributed by atoms with E-state index in [0.29, 0.717) is 32.2 Å². The maximum atomic E-state index is 12.9. The van der Waals surface area contributed by atoms with E-state index in [1.807, 2.05) is 0 Å². The van der Waals surface area contributed by atoms with Gasteiger partial charge in [-0.2, -0.15) is 10.2 Å². The minimum Gasteiger partial charge on any atom is -0.334 e. The SMILES string of the molecule is C#CCCC1(CCC(=O)N2CCCCC2C(F)F)N=N1. The average Bonchev–Trinajstić information content (AvgIpc) is 3.23. The molecule has 0 saturated carbocycles. The van der Waals surface area contributed by atoms with E-state index in [1.165, 1.54) is 4.90 Å². The first-order chi connectivity index (χ1) is 9.58. The first-order valence-electron chi connectivity index (χ1n) is 7.03. The number of nitrogens with zero attached hydrogens (tertiary/aromatic N) is 3. The highest BCUT2D eigenvalue weighted by atomic mass is 19.3. The highest BCUT2D eigenvalue weighted by Crippen LogP contribution is 2.38. The number of carbonyl (C=O) groups is 1. The summed E-state index contributed by atoms with van der Waals surface area (Å²) in [7, 11) is 0. The van der Waals surface area contributed by atoms with E-state index in [0.717, 1.165) is 12.8 Å². The Kier molecular flexibility index (Phi) is 4.69. The Labute approximate surface area is 117 Å². The van der Waals surface area contributed by atoms with Crippen molar-refractivity contribution in [3.8, 4) is 12.3 Å². The Balaban J connectivity index is 1.83. The molecular weight excluding hydrogens is 264 g/mol. The van der Waals surface area contributed by atoms with Gasteiger partial charge in [-0.1, -0.05) is 0 Å². The Bertz CT molecular complexity index is 425. The molecule has 2 aliphatic heterocycles. The molecular formula is C14H19F2N3O. The van der Waals surface area contributed by atoms with Gasteiger partial charge < -0.3 is 4.90 Å². The lowest BCUT2D eigenvalue weighted by Gasteiger charge is -2.35. The maximum absolute atomic E-state index is 12.9. The van der Waals surface area contributed by atoms with Crippen LogP contribution in [0.5, 0.6) is 0 Å². The number of halogens is 2. The quantitative estimate of drug-likeness (QED) is 0.691. The summed E-state index contributed by atoms with van der Waals surface area (Å²) in [5.41, 5.74) is -0.516. The van der Waals surface area contributed by atoms with E-state index in [2.05, 4.69) is 16.1 Å². The van der Waals surface area contributed by atoms with Gasteiger partial charge in [-0.25, -0.2) is 8.78 Å². The van der Waals surface area contributed by atoms with Gasteiger partial charge in [0.2, 0.25) is 5.91 Å². The van der Waals surface area contributed by atoms with Crippen LogP contribution in [0.2, 0.25) is 0 Å². The average molecular weight is 283 g/mol. The molecule has 6 heteroatoms. The molecule has 1 amide bonds. The second-order valence-corrected chi connectivity index (χ2v) is 5.37. The lowest BCUT2D eigenvalue weighted by atomic mass is 9.99. The molecule has 0 N–H and O–H groups in total. The van der Waals surface area contributed by atoms with E-state index in [9.17, 15) is 13.6 Å². The lowest BCUT2D eigenvalue weighted by Crippen LogP contribution is -2.47. The highest BCUT2D eigenvalue weighted by molar-refractivity contribution is 5.76. The van der Waals surface area contributed by atoms with Gasteiger partial charge in [0.05, 0.1) is 6.04 Å². The predicted octanol–water partition coefficient (Wildman–Crippen LogP) is 2.99. The molecule has 1 fully saturated rings. The van der Waals surface area contributed by atoms with Crippen LogP contribution >= 0.6 is 0 Å². The lowest BCUT2D eigenvalue weighted by molar-refractivity contribution is -0.139. The third-order valence-corrected chi connectivity index (χ3v) is 3.95. The molecule has 2 aliphatic rings. The van der Waals surface area contributed by atoms with Crippen LogP contribution in [-0.2, 0) is 4.79 Å². The summed E-state index contributed by atoms with van der Waals surface area (Å²) in [5.74, 6) is 2.31. The summed E-state index contributed by atoms with van der Waals surface area (Å²) in [6.45, 7) is 0.430. The fourth-order valence-electron chi connectivity index (χ4n) is 2.65. The van der Waals surface area contributed by atoms with Crippen LogP contribution in [0.1, 0.15) is 44.9 Å². The minimum absolute atomic E-state index is 0.209. The standard InChI is InChI=1S/C14H19F2N3O/c1-2-3-8-14(17-18-14)9-7-12(20)19-10-5-4-6-11(19)13(15)16/h1,11,13H,3-10H2. The molecule has 1 atom stereocenters. The zero-order valence-electron chi connectivity index (χ0n) is 11.4. The van der Waals surface area contributed by atoms with Gasteiger partial charge in [0.15, 0.2) is 5.66 Å². The van der Waals surface area contributed by atoms with Gasteiger partial charge in [-0.15, -0.1) is 12.3 Å². The zero-order chi connectivity index (χ0) is 14.6. The number of carbonyl (C=O) groups excluding carboxylic acids is 1. The van der Waals surface area contributed by atoms with E-state index in [1.54, 1.807) is 0 Å². The van der Waals surface area contributed by atoms with Crippen LogP contribution in [0, 0.1) is 12.3 Å². The van der Waals surface area contributed by atoms with Crippen molar-refractivity contribution in [1.82, 2.24) is 4.90 Å². The fourth-order valence-corrected chi connectivity index (χ4v) is 2.65. The number of piperidine rings is 1. The molecule has 1 unspecified atom stereocenters. The molecule has 0 aromatic carbocycles. The van der Waals surface area contributed by atoms with Crippen LogP contribution in [0.4, 0.5) is 8.78 Å². The number of amides is 1. The molecule has 2 heterocycles. The van der Waals surface area contributed by atoms with Gasteiger partial charge in [-0.3, -0.25) is 4.79 Å². The minimum atomic E-state index is -2.47. The van der Waals surface area contributed by atoms with E-state index >= 15 is 0 Å². The van der Waals surface area contributed by atoms with Gasteiger partial charge in [-0.05, 0) is 19.3 Å². The van der Waals surface area contributed by atoms with Crippen molar-refractivity contribution in [2.24, 2.45) is 10.2 Å². The van der Waals surface area contributed by atoms with Crippen molar-refractivity contribution < 1.29 is 13.6 Å². The molecule has 0 aromatic rings. The molecule has 4 nitrogen and oxygen atoms in total. The third-order valence-electron chi connectivity index (χ3n) is 3.95. The predicted molar refractivity (Wildman–Crippen MR) is 70.2 cm³/mol. The second-order valence-electron chi connectivity index (χ2n) is 5.37. The Hall–Kier alpha value is -1.51. The number of likely N-dealkylation sites (tertiary alicyclic amines) is 1. The smallest absolute Gasteiger partial charge is 0.258 e. The summed E-state index contributed by atoms with van der Waals surface area (Å²) in [5, 5.41) is 7.91. The summed E-state index contributed by atoms with van der Waals surface area (Å²) in [6, 6.07) is -0.925. The van der Waals surface area contributed by atoms with Gasteiger partial charge in [0.25, 0.3) is 6.43 Å². The molecule has 0 aromatic heterocycles. The van der Waals surface area contributed by atoms with Crippen molar-refractivity contribution in [2.75, 3.05) is 6.54 Å². The van der Waals surface area contributed by atoms with Crippen molar-refractivity contribution in [2.45, 2.75) is 63.1 Å². The third kappa shape index (κ3) is 3.53. The summed E-state index contributed by atoms with van der Waals surface area (Å²) < 4.78 is 25.9. The maximum Gasteiger partial charge on any atom is 0.258 e. The Morgan fingerprint density at radius 1 is 1.40 bits per heavy atom. The number of hydrogen-bond acceptors (Lipinski definition) is 3. The summed E-state index contributed by atoms with van der Waals surface area (Å²) in [6.07, 6.45) is 6.55. The van der Waals surface area contributed by atoms with Crippen LogP contribution < -0.4 is 0 Å². The molecule has 1 saturated heterocycles. The van der Waals surface area contributed by atoms with Crippen molar-refractivity contribution in [3.05, 3.63) is 0 Å². The molecule has 0 spiro atoms. The van der Waals surface area contributed by atoms with E-state index in [4.69, 9.17) is 6.42 Å². The molecule has 0 radical (unpaired) electrons. The first kappa shape index (κ1) is 14.9. The van der Waals surface area contributed by atoms with Crippen LogP contribution in [-0.4, -0.2) is 35.5 Å². The van der Waals surface area contributed by atoms with Gasteiger partial charge >= 0.3 is 0 Å². The first-order valence-corrected chi connectivity index (χ1v) is 7.03. The second kappa shape index (κ2) is 6.29. The fraction of sp³-hybridized carbons (Fsp3) is 0.786.